The van der Waals surface area contributed by atoms with E-state index in [1.165, 1.54) is 11.3 Å². The summed E-state index contributed by atoms with van der Waals surface area (Å²) in [6, 6.07) is 13.7. The Hall–Kier alpha value is -3.85. The zero-order valence-electron chi connectivity index (χ0n) is 21.8. The second-order valence-corrected chi connectivity index (χ2v) is 9.90. The lowest BCUT2D eigenvalue weighted by Crippen LogP contribution is -2.30. The number of esters is 1. The highest BCUT2D eigenvalue weighted by molar-refractivity contribution is 7.17. The van der Waals surface area contributed by atoms with Crippen LogP contribution < -0.4 is 20.1 Å². The Kier molecular flexibility index (Phi) is 9.02. The number of anilines is 2. The van der Waals surface area contributed by atoms with E-state index in [0.29, 0.717) is 39.9 Å². The molecule has 2 aromatic carbocycles. The van der Waals surface area contributed by atoms with Crippen LogP contribution in [0.25, 0.3) is 0 Å². The highest BCUT2D eigenvalue weighted by Crippen LogP contribution is 2.39. The van der Waals surface area contributed by atoms with Crippen LogP contribution in [0.2, 0.25) is 0 Å². The summed E-state index contributed by atoms with van der Waals surface area (Å²) >= 11 is 1.45. The van der Waals surface area contributed by atoms with Gasteiger partial charge in [0.05, 0.1) is 24.5 Å². The van der Waals surface area contributed by atoms with Crippen molar-refractivity contribution >= 4 is 39.8 Å². The molecule has 1 unspecified atom stereocenters. The summed E-state index contributed by atoms with van der Waals surface area (Å²) < 4.78 is 16.6. The number of aryl methyl sites for hydroxylation is 1. The Bertz CT molecular complexity index is 1300. The van der Waals surface area contributed by atoms with E-state index in [-0.39, 0.29) is 18.4 Å². The predicted molar refractivity (Wildman–Crippen MR) is 148 cm³/mol. The molecule has 9 heteroatoms. The van der Waals surface area contributed by atoms with E-state index < -0.39 is 12.1 Å². The van der Waals surface area contributed by atoms with Crippen LogP contribution in [0, 0.1) is 0 Å². The molecule has 200 valence electrons. The quantitative estimate of drug-likeness (QED) is 0.315. The summed E-state index contributed by atoms with van der Waals surface area (Å²) in [5, 5.41) is 6.26. The zero-order valence-corrected chi connectivity index (χ0v) is 22.6. The second-order valence-electron chi connectivity index (χ2n) is 8.79. The topological polar surface area (TPSA) is 103 Å². The molecule has 1 aliphatic rings. The van der Waals surface area contributed by atoms with Gasteiger partial charge in [-0.2, -0.15) is 0 Å². The van der Waals surface area contributed by atoms with Crippen LogP contribution in [0.1, 0.15) is 64.8 Å². The first-order valence-corrected chi connectivity index (χ1v) is 13.6. The van der Waals surface area contributed by atoms with E-state index >= 15 is 0 Å². The third-order valence-corrected chi connectivity index (χ3v) is 7.33. The first-order chi connectivity index (χ1) is 18.4. The summed E-state index contributed by atoms with van der Waals surface area (Å²) in [7, 11) is 0. The van der Waals surface area contributed by atoms with Crippen molar-refractivity contribution in [1.82, 2.24) is 0 Å². The molecule has 2 N–H and O–H groups in total. The van der Waals surface area contributed by atoms with Crippen LogP contribution >= 0.6 is 11.3 Å². The fourth-order valence-corrected chi connectivity index (χ4v) is 5.55. The zero-order chi connectivity index (χ0) is 27.1. The molecule has 1 heterocycles. The first-order valence-electron chi connectivity index (χ1n) is 12.8. The van der Waals surface area contributed by atoms with Crippen molar-refractivity contribution < 1.29 is 28.6 Å². The van der Waals surface area contributed by atoms with E-state index in [0.717, 1.165) is 36.1 Å². The molecule has 3 aromatic rings. The minimum Gasteiger partial charge on any atom is -0.492 e. The number of para-hydroxylation sites is 2. The maximum atomic E-state index is 13.0. The van der Waals surface area contributed by atoms with Crippen molar-refractivity contribution in [2.75, 3.05) is 23.8 Å². The third kappa shape index (κ3) is 6.34. The van der Waals surface area contributed by atoms with Gasteiger partial charge >= 0.3 is 5.97 Å². The number of ether oxygens (including phenoxy) is 3. The van der Waals surface area contributed by atoms with E-state index in [9.17, 15) is 14.4 Å². The van der Waals surface area contributed by atoms with E-state index in [4.69, 9.17) is 14.2 Å². The average Bonchev–Trinajstić information content (AvgIpc) is 3.28. The summed E-state index contributed by atoms with van der Waals surface area (Å²) in [5.41, 5.74) is 2.45. The minimum absolute atomic E-state index is 0.272. The maximum Gasteiger partial charge on any atom is 0.341 e. The van der Waals surface area contributed by atoms with Gasteiger partial charge in [0.15, 0.2) is 6.10 Å². The Morgan fingerprint density at radius 3 is 2.42 bits per heavy atom. The Morgan fingerprint density at radius 2 is 1.68 bits per heavy atom. The summed E-state index contributed by atoms with van der Waals surface area (Å²) in [6.45, 7) is 6.05. The molecule has 0 aliphatic heterocycles. The SMILES string of the molecule is CCOC(=O)c1c(NC(=O)c2ccc(OC(C)C(=O)Nc3ccccc3OCC)cc2)sc2c1CCCC2. The molecule has 1 aromatic heterocycles. The predicted octanol–water partition coefficient (Wildman–Crippen LogP) is 5.86. The second kappa shape index (κ2) is 12.6. The van der Waals surface area contributed by atoms with Crippen molar-refractivity contribution in [2.24, 2.45) is 0 Å². The van der Waals surface area contributed by atoms with Gasteiger partial charge in [-0.15, -0.1) is 11.3 Å². The van der Waals surface area contributed by atoms with Crippen LogP contribution in [0.15, 0.2) is 48.5 Å². The van der Waals surface area contributed by atoms with Crippen molar-refractivity contribution in [3.8, 4) is 11.5 Å². The van der Waals surface area contributed by atoms with Crippen LogP contribution in [0.5, 0.6) is 11.5 Å². The monoisotopic (exact) mass is 536 g/mol. The van der Waals surface area contributed by atoms with Crippen molar-refractivity contribution in [2.45, 2.75) is 52.6 Å². The highest BCUT2D eigenvalue weighted by atomic mass is 32.1. The number of hydrogen-bond donors (Lipinski definition) is 2. The number of benzene rings is 2. The number of nitrogens with one attached hydrogen (secondary N) is 2. The summed E-state index contributed by atoms with van der Waals surface area (Å²) in [4.78, 5) is 39.5. The van der Waals surface area contributed by atoms with E-state index in [2.05, 4.69) is 10.6 Å². The third-order valence-electron chi connectivity index (χ3n) is 6.12. The van der Waals surface area contributed by atoms with Crippen LogP contribution in [0.4, 0.5) is 10.7 Å². The van der Waals surface area contributed by atoms with Gasteiger partial charge in [0.1, 0.15) is 16.5 Å². The summed E-state index contributed by atoms with van der Waals surface area (Å²) in [6.07, 6.45) is 3.01. The van der Waals surface area contributed by atoms with Crippen molar-refractivity contribution in [1.29, 1.82) is 0 Å². The molecule has 0 fully saturated rings. The Labute approximate surface area is 226 Å². The van der Waals surface area contributed by atoms with Gasteiger partial charge in [0, 0.05) is 10.4 Å². The minimum atomic E-state index is -0.783. The molecule has 0 bridgehead atoms. The van der Waals surface area contributed by atoms with E-state index in [1.807, 2.05) is 19.1 Å². The standard InChI is InChI=1S/C29H32N2O6S/c1-4-35-23-12-8-7-11-22(23)30-26(32)18(3)37-20-16-14-19(15-17-20)27(33)31-28-25(29(34)36-5-2)21-10-6-9-13-24(21)38-28/h7-8,11-12,14-18H,4-6,9-10,13H2,1-3H3,(H,30,32)(H,31,33). The molecule has 0 saturated heterocycles. The molecule has 0 spiro atoms. The largest absolute Gasteiger partial charge is 0.492 e. The first kappa shape index (κ1) is 27.2. The van der Waals surface area contributed by atoms with Crippen molar-refractivity contribution in [3.05, 3.63) is 70.1 Å². The van der Waals surface area contributed by atoms with Crippen LogP contribution in [-0.2, 0) is 22.4 Å². The molecule has 2 amide bonds. The number of fused-ring (bicyclic) bond motifs is 1. The highest BCUT2D eigenvalue weighted by Gasteiger charge is 2.27. The van der Waals surface area contributed by atoms with Gasteiger partial charge < -0.3 is 24.8 Å². The van der Waals surface area contributed by atoms with Gasteiger partial charge in [0.25, 0.3) is 11.8 Å². The lowest BCUT2D eigenvalue weighted by Gasteiger charge is -2.16. The number of carbonyl (C=O) groups is 3. The van der Waals surface area contributed by atoms with Gasteiger partial charge in [-0.05, 0) is 88.4 Å². The smallest absolute Gasteiger partial charge is 0.341 e. The molecule has 0 saturated carbocycles. The fourth-order valence-electron chi connectivity index (χ4n) is 4.28. The lowest BCUT2D eigenvalue weighted by molar-refractivity contribution is -0.122. The molecular weight excluding hydrogens is 504 g/mol. The van der Waals surface area contributed by atoms with Crippen LogP contribution in [-0.4, -0.2) is 37.1 Å². The number of rotatable bonds is 10. The molecule has 1 aliphatic carbocycles. The summed E-state index contributed by atoms with van der Waals surface area (Å²) in [5.74, 6) is -0.0297. The number of carbonyl (C=O) groups excluding carboxylic acids is 3. The van der Waals surface area contributed by atoms with Gasteiger partial charge in [-0.25, -0.2) is 4.79 Å². The normalized spacial score (nSPS) is 13.1. The molecular formula is C29H32N2O6S. The van der Waals surface area contributed by atoms with Gasteiger partial charge in [0.2, 0.25) is 0 Å². The molecule has 38 heavy (non-hydrogen) atoms. The average molecular weight is 537 g/mol. The maximum absolute atomic E-state index is 13.0. The molecule has 8 nitrogen and oxygen atoms in total. The van der Waals surface area contributed by atoms with Gasteiger partial charge in [-0.1, -0.05) is 12.1 Å². The van der Waals surface area contributed by atoms with Gasteiger partial charge in [-0.3, -0.25) is 9.59 Å². The molecule has 1 atom stereocenters. The molecule has 0 radical (unpaired) electrons. The lowest BCUT2D eigenvalue weighted by atomic mass is 9.95. The van der Waals surface area contributed by atoms with Crippen LogP contribution in [0.3, 0.4) is 0 Å². The molecule has 4 rings (SSSR count). The number of thiophene rings is 1. The number of amides is 2. The Morgan fingerprint density at radius 1 is 0.947 bits per heavy atom. The number of hydrogen-bond acceptors (Lipinski definition) is 7. The van der Waals surface area contributed by atoms with Crippen molar-refractivity contribution in [3.63, 3.8) is 0 Å². The fraction of sp³-hybridized carbons (Fsp3) is 0.345. The van der Waals surface area contributed by atoms with E-state index in [1.54, 1.807) is 50.2 Å². The Balaban J connectivity index is 1.41.